The van der Waals surface area contributed by atoms with Crippen molar-refractivity contribution in [2.75, 3.05) is 7.11 Å². The molecule has 0 radical (unpaired) electrons. The Kier molecular flexibility index (Phi) is 5.37. The average Bonchev–Trinajstić information content (AvgIpc) is 2.63. The Hall–Kier alpha value is -2.67. The quantitative estimate of drug-likeness (QED) is 0.817. The predicted molar refractivity (Wildman–Crippen MR) is 96.1 cm³/mol. The maximum Gasteiger partial charge on any atom is 0.252 e. The van der Waals surface area contributed by atoms with Crippen LogP contribution in [0, 0.1) is 5.92 Å². The van der Waals surface area contributed by atoms with E-state index in [2.05, 4.69) is 10.3 Å². The molecule has 0 aliphatic heterocycles. The molecule has 0 aromatic carbocycles. The SMILES string of the molecule is CCn1ccc(C(=O)NC(c2cncc(OC)c2)C2CC(O)C2)cc1=O. The van der Waals surface area contributed by atoms with Crippen LogP contribution in [-0.4, -0.2) is 33.8 Å². The second-order valence-corrected chi connectivity index (χ2v) is 6.53. The number of hydrogen-bond donors (Lipinski definition) is 2. The number of aliphatic hydroxyl groups excluding tert-OH is 1. The van der Waals surface area contributed by atoms with E-state index >= 15 is 0 Å². The van der Waals surface area contributed by atoms with Crippen LogP contribution in [-0.2, 0) is 6.54 Å². The highest BCUT2D eigenvalue weighted by atomic mass is 16.5. The van der Waals surface area contributed by atoms with Crippen LogP contribution in [0.15, 0.2) is 41.6 Å². The summed E-state index contributed by atoms with van der Waals surface area (Å²) < 4.78 is 6.75. The van der Waals surface area contributed by atoms with Crippen molar-refractivity contribution in [2.24, 2.45) is 5.92 Å². The highest BCUT2D eigenvalue weighted by Gasteiger charge is 2.36. The molecule has 7 heteroatoms. The molecule has 26 heavy (non-hydrogen) atoms. The monoisotopic (exact) mass is 357 g/mol. The molecule has 0 bridgehead atoms. The minimum atomic E-state index is -0.341. The summed E-state index contributed by atoms with van der Waals surface area (Å²) in [5.41, 5.74) is 0.927. The molecule has 2 N–H and O–H groups in total. The standard InChI is InChI=1S/C19H23N3O4/c1-3-22-5-4-12(9-17(22)24)19(25)21-18(13-6-15(23)7-13)14-8-16(26-2)11-20-10-14/h4-5,8-11,13,15,18,23H,3,6-7H2,1-2H3,(H,21,25). The molecule has 1 aliphatic rings. The number of rotatable bonds is 6. The van der Waals surface area contributed by atoms with Crippen LogP contribution in [0.2, 0.25) is 0 Å². The Bertz CT molecular complexity index is 843. The van der Waals surface area contributed by atoms with Gasteiger partial charge in [0.25, 0.3) is 11.5 Å². The zero-order valence-electron chi connectivity index (χ0n) is 14.9. The third kappa shape index (κ3) is 3.77. The van der Waals surface area contributed by atoms with E-state index in [4.69, 9.17) is 4.74 Å². The van der Waals surface area contributed by atoms with Crippen LogP contribution >= 0.6 is 0 Å². The van der Waals surface area contributed by atoms with Gasteiger partial charge >= 0.3 is 0 Å². The van der Waals surface area contributed by atoms with Crippen LogP contribution in [0.1, 0.15) is 41.7 Å². The Balaban J connectivity index is 1.84. The predicted octanol–water partition coefficient (Wildman–Crippen LogP) is 1.51. The zero-order valence-corrected chi connectivity index (χ0v) is 14.9. The van der Waals surface area contributed by atoms with Gasteiger partial charge in [0.15, 0.2) is 0 Å². The molecule has 2 aromatic heterocycles. The number of nitrogens with zero attached hydrogens (tertiary/aromatic N) is 2. The summed E-state index contributed by atoms with van der Waals surface area (Å²) in [6.07, 6.45) is 5.79. The van der Waals surface area contributed by atoms with Crippen LogP contribution < -0.4 is 15.6 Å². The van der Waals surface area contributed by atoms with Crippen molar-refractivity contribution in [2.45, 2.75) is 38.5 Å². The summed E-state index contributed by atoms with van der Waals surface area (Å²) in [6, 6.07) is 4.51. The van der Waals surface area contributed by atoms with E-state index in [1.165, 1.54) is 10.6 Å². The molecule has 1 fully saturated rings. The van der Waals surface area contributed by atoms with Crippen molar-refractivity contribution in [1.29, 1.82) is 0 Å². The number of nitrogens with one attached hydrogen (secondary N) is 1. The van der Waals surface area contributed by atoms with Gasteiger partial charge in [0.2, 0.25) is 0 Å². The normalized spacial score (nSPS) is 20.1. The van der Waals surface area contributed by atoms with Gasteiger partial charge in [0.1, 0.15) is 5.75 Å². The Morgan fingerprint density at radius 2 is 2.19 bits per heavy atom. The van der Waals surface area contributed by atoms with Gasteiger partial charge in [0, 0.05) is 30.6 Å². The Morgan fingerprint density at radius 3 is 2.81 bits per heavy atom. The number of aromatic nitrogens is 2. The van der Waals surface area contributed by atoms with E-state index < -0.39 is 0 Å². The number of pyridine rings is 2. The summed E-state index contributed by atoms with van der Waals surface area (Å²) in [6.45, 7) is 2.42. The summed E-state index contributed by atoms with van der Waals surface area (Å²) in [5.74, 6) is 0.394. The fourth-order valence-electron chi connectivity index (χ4n) is 3.23. The molecule has 0 saturated heterocycles. The average molecular weight is 357 g/mol. The largest absolute Gasteiger partial charge is 0.495 e. The number of ether oxygens (including phenoxy) is 1. The second kappa shape index (κ2) is 7.70. The molecular formula is C19H23N3O4. The molecule has 1 amide bonds. The molecule has 1 saturated carbocycles. The number of aryl methyl sites for hydroxylation is 1. The van der Waals surface area contributed by atoms with E-state index in [1.54, 1.807) is 31.8 Å². The van der Waals surface area contributed by atoms with Gasteiger partial charge < -0.3 is 19.7 Å². The lowest BCUT2D eigenvalue weighted by atomic mass is 9.75. The van der Waals surface area contributed by atoms with Crippen molar-refractivity contribution in [3.8, 4) is 5.75 Å². The first kappa shape index (κ1) is 18.1. The Morgan fingerprint density at radius 1 is 1.42 bits per heavy atom. The van der Waals surface area contributed by atoms with Gasteiger partial charge in [-0.15, -0.1) is 0 Å². The lowest BCUT2D eigenvalue weighted by molar-refractivity contribution is 0.0234. The maximum atomic E-state index is 12.7. The first-order chi connectivity index (χ1) is 12.5. The van der Waals surface area contributed by atoms with E-state index in [0.29, 0.717) is 30.7 Å². The number of methoxy groups -OCH3 is 1. The lowest BCUT2D eigenvalue weighted by Crippen LogP contribution is -2.41. The number of aliphatic hydroxyl groups is 1. The summed E-state index contributed by atoms with van der Waals surface area (Å²) in [4.78, 5) is 28.8. The number of carbonyl (C=O) groups is 1. The van der Waals surface area contributed by atoms with Crippen LogP contribution in [0.25, 0.3) is 0 Å². The second-order valence-electron chi connectivity index (χ2n) is 6.53. The summed E-state index contributed by atoms with van der Waals surface area (Å²) in [7, 11) is 1.56. The van der Waals surface area contributed by atoms with Crippen LogP contribution in [0.5, 0.6) is 5.75 Å². The summed E-state index contributed by atoms with van der Waals surface area (Å²) in [5, 5.41) is 12.7. The first-order valence-corrected chi connectivity index (χ1v) is 8.70. The highest BCUT2D eigenvalue weighted by molar-refractivity contribution is 5.94. The molecule has 3 rings (SSSR count). The highest BCUT2D eigenvalue weighted by Crippen LogP contribution is 2.38. The fraction of sp³-hybridized carbons (Fsp3) is 0.421. The number of amides is 1. The molecule has 2 aromatic rings. The van der Waals surface area contributed by atoms with Crippen molar-refractivity contribution < 1.29 is 14.6 Å². The molecule has 138 valence electrons. The third-order valence-electron chi connectivity index (χ3n) is 4.84. The molecule has 7 nitrogen and oxygen atoms in total. The van der Waals surface area contributed by atoms with Gasteiger partial charge in [-0.05, 0) is 43.4 Å². The van der Waals surface area contributed by atoms with Crippen molar-refractivity contribution in [1.82, 2.24) is 14.9 Å². The van der Waals surface area contributed by atoms with Crippen molar-refractivity contribution in [3.05, 3.63) is 58.3 Å². The van der Waals surface area contributed by atoms with Gasteiger partial charge in [-0.2, -0.15) is 0 Å². The van der Waals surface area contributed by atoms with E-state index in [0.717, 1.165) is 5.56 Å². The number of carbonyl (C=O) groups excluding carboxylic acids is 1. The molecule has 2 heterocycles. The van der Waals surface area contributed by atoms with Gasteiger partial charge in [-0.25, -0.2) is 0 Å². The molecule has 1 aliphatic carbocycles. The van der Waals surface area contributed by atoms with Crippen LogP contribution in [0.3, 0.4) is 0 Å². The molecular weight excluding hydrogens is 334 g/mol. The van der Waals surface area contributed by atoms with E-state index in [9.17, 15) is 14.7 Å². The minimum Gasteiger partial charge on any atom is -0.495 e. The third-order valence-corrected chi connectivity index (χ3v) is 4.84. The van der Waals surface area contributed by atoms with Gasteiger partial charge in [-0.3, -0.25) is 14.6 Å². The maximum absolute atomic E-state index is 12.7. The van der Waals surface area contributed by atoms with Crippen molar-refractivity contribution in [3.63, 3.8) is 0 Å². The van der Waals surface area contributed by atoms with Gasteiger partial charge in [-0.1, -0.05) is 0 Å². The number of hydrogen-bond acceptors (Lipinski definition) is 5. The lowest BCUT2D eigenvalue weighted by Gasteiger charge is -2.38. The zero-order chi connectivity index (χ0) is 18.7. The fourth-order valence-corrected chi connectivity index (χ4v) is 3.23. The van der Waals surface area contributed by atoms with Gasteiger partial charge in [0.05, 0.1) is 25.5 Å². The summed E-state index contributed by atoms with van der Waals surface area (Å²) >= 11 is 0. The smallest absolute Gasteiger partial charge is 0.252 e. The topological polar surface area (TPSA) is 93.5 Å². The first-order valence-electron chi connectivity index (χ1n) is 8.70. The van der Waals surface area contributed by atoms with Crippen molar-refractivity contribution >= 4 is 5.91 Å². The Labute approximate surface area is 151 Å². The van der Waals surface area contributed by atoms with Crippen LogP contribution in [0.4, 0.5) is 0 Å². The molecule has 0 spiro atoms. The van der Waals surface area contributed by atoms with E-state index in [1.807, 2.05) is 13.0 Å². The van der Waals surface area contributed by atoms with E-state index in [-0.39, 0.29) is 29.5 Å². The molecule has 1 atom stereocenters. The minimum absolute atomic E-state index is 0.110. The molecule has 1 unspecified atom stereocenters.